The van der Waals surface area contributed by atoms with Crippen LogP contribution < -0.4 is 4.90 Å². The van der Waals surface area contributed by atoms with Crippen LogP contribution in [0.5, 0.6) is 0 Å². The fourth-order valence-corrected chi connectivity index (χ4v) is 2.58. The summed E-state index contributed by atoms with van der Waals surface area (Å²) in [5, 5.41) is 0. The average Bonchev–Trinajstić information content (AvgIpc) is 2.45. The summed E-state index contributed by atoms with van der Waals surface area (Å²) in [4.78, 5) is 5.06. The van der Waals surface area contributed by atoms with E-state index in [1.165, 1.54) is 19.3 Å². The lowest BCUT2D eigenvalue weighted by Gasteiger charge is -2.23. The summed E-state index contributed by atoms with van der Waals surface area (Å²) in [6.45, 7) is 0. The van der Waals surface area contributed by atoms with Crippen molar-refractivity contribution in [2.24, 2.45) is 0 Å². The Balaban J connectivity index is 2.65. The number of rotatable bonds is 2. The van der Waals surface area contributed by atoms with Crippen molar-refractivity contribution in [2.75, 3.05) is 11.9 Å². The highest BCUT2D eigenvalue weighted by Gasteiger charge is 2.41. The van der Waals surface area contributed by atoms with Gasteiger partial charge in [-0.2, -0.15) is 26.3 Å². The quantitative estimate of drug-likeness (QED) is 0.607. The van der Waals surface area contributed by atoms with Gasteiger partial charge >= 0.3 is 12.4 Å². The van der Waals surface area contributed by atoms with E-state index in [0.29, 0.717) is 12.1 Å². The number of aromatic nitrogens is 1. The molecule has 0 fully saturated rings. The van der Waals surface area contributed by atoms with Gasteiger partial charge in [0.2, 0.25) is 0 Å². The molecule has 23 heavy (non-hydrogen) atoms. The summed E-state index contributed by atoms with van der Waals surface area (Å²) < 4.78 is 77.2. The molecule has 0 unspecified atom stereocenters. The van der Waals surface area contributed by atoms with E-state index >= 15 is 0 Å². The van der Waals surface area contributed by atoms with Crippen molar-refractivity contribution in [1.82, 2.24) is 4.98 Å². The largest absolute Gasteiger partial charge is 0.417 e. The number of nitrogens with zero attached hydrogens (tertiary/aromatic N) is 2. The first kappa shape index (κ1) is 17.6. The minimum atomic E-state index is -4.93. The molecule has 1 aromatic carbocycles. The van der Waals surface area contributed by atoms with Crippen LogP contribution in [-0.2, 0) is 12.4 Å². The molecule has 0 aliphatic heterocycles. The summed E-state index contributed by atoms with van der Waals surface area (Å²) in [6.07, 6.45) is -8.47. The van der Waals surface area contributed by atoms with Gasteiger partial charge in [-0.05, 0) is 40.2 Å². The number of anilines is 2. The van der Waals surface area contributed by atoms with Gasteiger partial charge in [0.05, 0.1) is 11.1 Å². The third-order valence-electron chi connectivity index (χ3n) is 3.05. The van der Waals surface area contributed by atoms with Crippen LogP contribution in [0.1, 0.15) is 11.1 Å². The van der Waals surface area contributed by atoms with E-state index in [4.69, 9.17) is 0 Å². The van der Waals surface area contributed by atoms with E-state index in [2.05, 4.69) is 20.9 Å². The van der Waals surface area contributed by atoms with E-state index in [1.807, 2.05) is 0 Å². The maximum atomic E-state index is 13.0. The van der Waals surface area contributed by atoms with Crippen molar-refractivity contribution < 1.29 is 26.3 Å². The molecule has 0 N–H and O–H groups in total. The number of alkyl halides is 6. The molecule has 0 aliphatic rings. The predicted molar refractivity (Wildman–Crippen MR) is 76.4 cm³/mol. The van der Waals surface area contributed by atoms with Crippen LogP contribution in [0.3, 0.4) is 0 Å². The van der Waals surface area contributed by atoms with Crippen LogP contribution in [0.2, 0.25) is 0 Å². The molecule has 0 spiro atoms. The van der Waals surface area contributed by atoms with E-state index < -0.39 is 28.0 Å². The Morgan fingerprint density at radius 1 is 0.957 bits per heavy atom. The SMILES string of the molecule is CN(c1cc(C(F)(F)F)c(Br)c(C(F)(F)F)c1)c1ccccn1. The molecule has 124 valence electrons. The van der Waals surface area contributed by atoms with Gasteiger partial charge in [-0.25, -0.2) is 4.98 Å². The maximum Gasteiger partial charge on any atom is 0.417 e. The number of hydrogen-bond acceptors (Lipinski definition) is 2. The van der Waals surface area contributed by atoms with Gasteiger partial charge in [-0.3, -0.25) is 0 Å². The van der Waals surface area contributed by atoms with E-state index in [0.717, 1.165) is 4.90 Å². The van der Waals surface area contributed by atoms with Crippen LogP contribution >= 0.6 is 15.9 Å². The van der Waals surface area contributed by atoms with Crippen LogP contribution in [0.25, 0.3) is 0 Å². The molecule has 0 amide bonds. The van der Waals surface area contributed by atoms with Crippen LogP contribution in [0.4, 0.5) is 37.8 Å². The van der Waals surface area contributed by atoms with Crippen molar-refractivity contribution >= 4 is 27.4 Å². The molecular formula is C14H9BrF6N2. The van der Waals surface area contributed by atoms with Gasteiger partial charge in [-0.1, -0.05) is 6.07 Å². The zero-order chi connectivity index (χ0) is 17.4. The smallest absolute Gasteiger partial charge is 0.329 e. The van der Waals surface area contributed by atoms with Crippen LogP contribution in [-0.4, -0.2) is 12.0 Å². The monoisotopic (exact) mass is 398 g/mol. The minimum Gasteiger partial charge on any atom is -0.329 e. The Kier molecular flexibility index (Phi) is 4.61. The number of benzene rings is 1. The van der Waals surface area contributed by atoms with E-state index in [9.17, 15) is 26.3 Å². The second-order valence-corrected chi connectivity index (χ2v) is 5.39. The average molecular weight is 399 g/mol. The highest BCUT2D eigenvalue weighted by Crippen LogP contribution is 2.45. The van der Waals surface area contributed by atoms with Gasteiger partial charge in [0.1, 0.15) is 5.82 Å². The van der Waals surface area contributed by atoms with Crippen molar-refractivity contribution in [3.05, 3.63) is 52.1 Å². The van der Waals surface area contributed by atoms with Crippen molar-refractivity contribution in [3.63, 3.8) is 0 Å². The highest BCUT2D eigenvalue weighted by molar-refractivity contribution is 9.10. The molecule has 1 heterocycles. The third-order valence-corrected chi connectivity index (χ3v) is 3.90. The van der Waals surface area contributed by atoms with Crippen LogP contribution in [0.15, 0.2) is 41.0 Å². The zero-order valence-corrected chi connectivity index (χ0v) is 13.1. The zero-order valence-electron chi connectivity index (χ0n) is 11.5. The number of hydrogen-bond donors (Lipinski definition) is 0. The molecule has 0 saturated carbocycles. The van der Waals surface area contributed by atoms with Crippen molar-refractivity contribution in [1.29, 1.82) is 0 Å². The molecule has 0 aliphatic carbocycles. The van der Waals surface area contributed by atoms with Gasteiger partial charge < -0.3 is 4.90 Å². The molecule has 0 radical (unpaired) electrons. The molecule has 9 heteroatoms. The highest BCUT2D eigenvalue weighted by atomic mass is 79.9. The molecule has 2 nitrogen and oxygen atoms in total. The lowest BCUT2D eigenvalue weighted by molar-refractivity contribution is -0.144. The Morgan fingerprint density at radius 3 is 1.87 bits per heavy atom. The Hall–Kier alpha value is -1.77. The first-order chi connectivity index (χ1) is 10.5. The van der Waals surface area contributed by atoms with Crippen molar-refractivity contribution in [2.45, 2.75) is 12.4 Å². The molecule has 0 atom stereocenters. The topological polar surface area (TPSA) is 16.1 Å². The minimum absolute atomic E-state index is 0.219. The fourth-order valence-electron chi connectivity index (χ4n) is 1.90. The molecular weight excluding hydrogens is 390 g/mol. The maximum absolute atomic E-state index is 13.0. The summed E-state index contributed by atoms with van der Waals surface area (Å²) >= 11 is 2.42. The second-order valence-electron chi connectivity index (χ2n) is 4.60. The number of halogens is 7. The van der Waals surface area contributed by atoms with Gasteiger partial charge in [-0.15, -0.1) is 0 Å². The predicted octanol–water partition coefficient (Wildman–Crippen LogP) is 5.65. The van der Waals surface area contributed by atoms with E-state index in [1.54, 1.807) is 12.1 Å². The summed E-state index contributed by atoms with van der Waals surface area (Å²) in [5.74, 6) is 0.219. The summed E-state index contributed by atoms with van der Waals surface area (Å²) in [6, 6.07) is 5.93. The summed E-state index contributed by atoms with van der Waals surface area (Å²) in [7, 11) is 1.34. The third kappa shape index (κ3) is 3.77. The Morgan fingerprint density at radius 2 is 1.48 bits per heavy atom. The lowest BCUT2D eigenvalue weighted by Crippen LogP contribution is -2.17. The second kappa shape index (κ2) is 6.03. The Labute approximate surface area is 135 Å². The normalized spacial score (nSPS) is 12.3. The van der Waals surface area contributed by atoms with Gasteiger partial charge in [0, 0.05) is 23.4 Å². The fraction of sp³-hybridized carbons (Fsp3) is 0.214. The first-order valence-electron chi connectivity index (χ1n) is 6.14. The first-order valence-corrected chi connectivity index (χ1v) is 6.94. The van der Waals surface area contributed by atoms with E-state index in [-0.39, 0.29) is 11.5 Å². The number of pyridine rings is 1. The lowest BCUT2D eigenvalue weighted by atomic mass is 10.1. The standard InChI is InChI=1S/C14H9BrF6N2/c1-23(11-4-2-3-5-22-11)8-6-9(13(16,17)18)12(15)10(7-8)14(19,20)21/h2-7H,1H3. The Bertz CT molecular complexity index is 662. The van der Waals surface area contributed by atoms with Gasteiger partial charge in [0.15, 0.2) is 0 Å². The summed E-state index contributed by atoms with van der Waals surface area (Å²) in [5.41, 5.74) is -3.07. The van der Waals surface area contributed by atoms with Gasteiger partial charge in [0.25, 0.3) is 0 Å². The van der Waals surface area contributed by atoms with Crippen LogP contribution in [0, 0.1) is 0 Å². The van der Waals surface area contributed by atoms with Crippen molar-refractivity contribution in [3.8, 4) is 0 Å². The molecule has 0 bridgehead atoms. The molecule has 2 rings (SSSR count). The molecule has 1 aromatic heterocycles. The molecule has 0 saturated heterocycles. The molecule has 2 aromatic rings.